The lowest BCUT2D eigenvalue weighted by Crippen LogP contribution is -2.56. The number of benzene rings is 4. The topological polar surface area (TPSA) is 91.4 Å². The van der Waals surface area contributed by atoms with Crippen molar-refractivity contribution in [3.63, 3.8) is 0 Å². The summed E-state index contributed by atoms with van der Waals surface area (Å²) in [6.07, 6.45) is 1.21. The minimum absolute atomic E-state index is 0.0201. The summed E-state index contributed by atoms with van der Waals surface area (Å²) >= 11 is 4.86. The number of hydrazone groups is 2. The van der Waals surface area contributed by atoms with Crippen LogP contribution in [0.4, 0.5) is 17.1 Å². The van der Waals surface area contributed by atoms with E-state index in [0.29, 0.717) is 29.1 Å². The predicted molar refractivity (Wildman–Crippen MR) is 163 cm³/mol. The number of rotatable bonds is 6. The van der Waals surface area contributed by atoms with Crippen molar-refractivity contribution < 1.29 is 9.72 Å². The van der Waals surface area contributed by atoms with Crippen molar-refractivity contribution in [2.24, 2.45) is 10.2 Å². The second kappa shape index (κ2) is 10.7. The molecule has 4 aromatic carbocycles. The maximum atomic E-state index is 13.6. The van der Waals surface area contributed by atoms with Crippen LogP contribution in [0.25, 0.3) is 0 Å². The molecule has 2 aliphatic heterocycles. The summed E-state index contributed by atoms with van der Waals surface area (Å²) < 4.78 is 0.984. The van der Waals surface area contributed by atoms with Gasteiger partial charge in [0, 0.05) is 28.6 Å². The Balaban J connectivity index is 1.49. The molecule has 0 bridgehead atoms. The Kier molecular flexibility index (Phi) is 6.95. The van der Waals surface area contributed by atoms with Crippen LogP contribution >= 0.6 is 27.7 Å². The van der Waals surface area contributed by atoms with Crippen LogP contribution in [0.3, 0.4) is 0 Å². The highest BCUT2D eigenvalue weighted by molar-refractivity contribution is 9.10. The maximum absolute atomic E-state index is 13.6. The molecule has 10 heteroatoms. The zero-order valence-corrected chi connectivity index (χ0v) is 23.5. The molecule has 0 fully saturated rings. The fourth-order valence-electron chi connectivity index (χ4n) is 4.77. The fraction of sp³-hybridized carbons (Fsp3) is 0.100. The molecule has 198 valence electrons. The van der Waals surface area contributed by atoms with Gasteiger partial charge in [-0.2, -0.15) is 10.2 Å². The van der Waals surface area contributed by atoms with E-state index < -0.39 is 9.92 Å². The van der Waals surface area contributed by atoms with Gasteiger partial charge in [0.1, 0.15) is 0 Å². The molecule has 40 heavy (non-hydrogen) atoms. The molecule has 1 spiro atoms. The summed E-state index contributed by atoms with van der Waals surface area (Å²) in [5.74, 6) is -0.190. The Morgan fingerprint density at radius 1 is 0.825 bits per heavy atom. The molecule has 1 unspecified atom stereocenters. The second-order valence-corrected chi connectivity index (χ2v) is 11.4. The van der Waals surface area contributed by atoms with Crippen molar-refractivity contribution in [1.82, 2.24) is 0 Å². The molecule has 0 radical (unpaired) electrons. The number of para-hydroxylation sites is 1. The van der Waals surface area contributed by atoms with E-state index in [9.17, 15) is 14.9 Å². The maximum Gasteiger partial charge on any atom is 0.269 e. The van der Waals surface area contributed by atoms with Crippen molar-refractivity contribution in [2.75, 3.05) is 10.0 Å². The SMILES string of the molecule is O=C(C1=NN(c2ccc([N+](=O)[O-])cc2)C2(CCC(c3ccc(Br)cc3)=NN2c2ccccc2)S1)c1ccccc1. The molecule has 2 aliphatic rings. The van der Waals surface area contributed by atoms with E-state index in [0.717, 1.165) is 21.4 Å². The highest BCUT2D eigenvalue weighted by atomic mass is 79.9. The van der Waals surface area contributed by atoms with Gasteiger partial charge in [-0.25, -0.2) is 10.0 Å². The van der Waals surface area contributed by atoms with Gasteiger partial charge in [0.15, 0.2) is 5.04 Å². The van der Waals surface area contributed by atoms with Crippen molar-refractivity contribution in [1.29, 1.82) is 0 Å². The highest BCUT2D eigenvalue weighted by Gasteiger charge is 2.53. The van der Waals surface area contributed by atoms with Gasteiger partial charge < -0.3 is 0 Å². The number of halogens is 1. The molecule has 1 atom stereocenters. The number of hydrogen-bond acceptors (Lipinski definition) is 8. The van der Waals surface area contributed by atoms with Crippen molar-refractivity contribution in [3.8, 4) is 0 Å². The number of non-ortho nitro benzene ring substituents is 1. The minimum atomic E-state index is -0.921. The first-order chi connectivity index (χ1) is 19.4. The Bertz CT molecular complexity index is 1630. The first kappa shape index (κ1) is 26.0. The van der Waals surface area contributed by atoms with Gasteiger partial charge >= 0.3 is 0 Å². The molecule has 0 saturated carbocycles. The number of anilines is 2. The van der Waals surface area contributed by atoms with Gasteiger partial charge in [0.05, 0.1) is 22.0 Å². The number of nitrogens with zero attached hydrogens (tertiary/aromatic N) is 5. The highest BCUT2D eigenvalue weighted by Crippen LogP contribution is 2.50. The van der Waals surface area contributed by atoms with E-state index in [4.69, 9.17) is 10.2 Å². The van der Waals surface area contributed by atoms with Crippen molar-refractivity contribution in [2.45, 2.75) is 17.8 Å². The number of ketones is 1. The molecule has 0 N–H and O–H groups in total. The molecule has 0 aliphatic carbocycles. The third kappa shape index (κ3) is 4.80. The molecule has 0 saturated heterocycles. The molecular weight excluding hydrogens is 590 g/mol. The standard InChI is InChI=1S/C30H22BrN5O3S/c31-23-13-11-21(12-14-23)27-19-20-30(34(32-27)24-9-5-2-6-10-24)35(25-15-17-26(18-16-25)36(38)39)33-29(40-30)28(37)22-7-3-1-4-8-22/h1-18H,19-20H2. The zero-order chi connectivity index (χ0) is 27.7. The number of Topliss-reactive ketones (excluding diaryl/α,β-unsaturated/α-hetero) is 1. The van der Waals surface area contributed by atoms with Crippen molar-refractivity contribution >= 4 is 61.3 Å². The van der Waals surface area contributed by atoms with Gasteiger partial charge in [0.25, 0.3) is 5.69 Å². The average molecular weight is 613 g/mol. The Hall–Kier alpha value is -4.28. The summed E-state index contributed by atoms with van der Waals surface area (Å²) in [4.78, 5) is 23.6. The van der Waals surface area contributed by atoms with Crippen LogP contribution in [0, 0.1) is 10.1 Å². The van der Waals surface area contributed by atoms with Gasteiger partial charge in [-0.15, -0.1) is 0 Å². The summed E-state index contributed by atoms with van der Waals surface area (Å²) in [5, 5.41) is 25.4. The average Bonchev–Trinajstić information content (AvgIpc) is 3.38. The third-order valence-electron chi connectivity index (χ3n) is 6.73. The van der Waals surface area contributed by atoms with Crippen LogP contribution in [0.2, 0.25) is 0 Å². The van der Waals surface area contributed by atoms with Crippen LogP contribution in [-0.4, -0.2) is 26.5 Å². The van der Waals surface area contributed by atoms with E-state index in [1.165, 1.54) is 23.9 Å². The van der Waals surface area contributed by atoms with E-state index in [2.05, 4.69) is 15.9 Å². The molecule has 6 rings (SSSR count). The van der Waals surface area contributed by atoms with Gasteiger partial charge in [0.2, 0.25) is 10.8 Å². The van der Waals surface area contributed by atoms with Crippen LogP contribution in [0.1, 0.15) is 28.8 Å². The summed E-state index contributed by atoms with van der Waals surface area (Å²) in [5.41, 5.74) is 3.89. The predicted octanol–water partition coefficient (Wildman–Crippen LogP) is 7.47. The Morgan fingerprint density at radius 3 is 2.08 bits per heavy atom. The monoisotopic (exact) mass is 611 g/mol. The number of nitro benzene ring substituents is 1. The summed E-state index contributed by atoms with van der Waals surface area (Å²) in [7, 11) is 0. The van der Waals surface area contributed by atoms with Crippen molar-refractivity contribution in [3.05, 3.63) is 135 Å². The summed E-state index contributed by atoms with van der Waals surface area (Å²) in [6.45, 7) is 0. The first-order valence-corrected chi connectivity index (χ1v) is 14.2. The van der Waals surface area contributed by atoms with Crippen LogP contribution in [0.15, 0.2) is 124 Å². The molecule has 2 heterocycles. The summed E-state index contributed by atoms with van der Waals surface area (Å²) in [6, 6.07) is 33.1. The largest absolute Gasteiger partial charge is 0.286 e. The number of carbonyl (C=O) groups excluding carboxylic acids is 1. The number of nitro groups is 1. The lowest BCUT2D eigenvalue weighted by Gasteiger charge is -2.46. The number of thioether (sulfide) groups is 1. The smallest absolute Gasteiger partial charge is 0.269 e. The molecular formula is C30H22BrN5O3S. The van der Waals surface area contributed by atoms with Crippen LogP contribution in [-0.2, 0) is 0 Å². The number of hydrogen-bond donors (Lipinski definition) is 0. The zero-order valence-electron chi connectivity index (χ0n) is 21.1. The molecule has 0 aromatic heterocycles. The van der Waals surface area contributed by atoms with Crippen LogP contribution in [0.5, 0.6) is 0 Å². The lowest BCUT2D eigenvalue weighted by molar-refractivity contribution is -0.384. The van der Waals surface area contributed by atoms with E-state index in [1.54, 1.807) is 29.3 Å². The third-order valence-corrected chi connectivity index (χ3v) is 8.60. The molecule has 0 amide bonds. The van der Waals surface area contributed by atoms with Gasteiger partial charge in [-0.3, -0.25) is 14.9 Å². The van der Waals surface area contributed by atoms with E-state index in [1.807, 2.05) is 77.8 Å². The van der Waals surface area contributed by atoms with Gasteiger partial charge in [-0.1, -0.05) is 76.6 Å². The second-order valence-electron chi connectivity index (χ2n) is 9.23. The van der Waals surface area contributed by atoms with Gasteiger partial charge in [-0.05, 0) is 60.1 Å². The lowest BCUT2D eigenvalue weighted by atomic mass is 10.0. The van der Waals surface area contributed by atoms with E-state index >= 15 is 0 Å². The molecule has 4 aromatic rings. The normalized spacial score (nSPS) is 18.4. The quantitative estimate of drug-likeness (QED) is 0.128. The minimum Gasteiger partial charge on any atom is -0.286 e. The Morgan fingerprint density at radius 2 is 1.43 bits per heavy atom. The fourth-order valence-corrected chi connectivity index (χ4v) is 6.34. The Labute approximate surface area is 243 Å². The van der Waals surface area contributed by atoms with E-state index in [-0.39, 0.29) is 11.5 Å². The number of carbonyl (C=O) groups is 1. The first-order valence-electron chi connectivity index (χ1n) is 12.6. The molecule has 8 nitrogen and oxygen atoms in total. The van der Waals surface area contributed by atoms with Crippen LogP contribution < -0.4 is 10.0 Å².